The minimum Gasteiger partial charge on any atom is -0.298 e. The molecule has 1 aromatic rings. The number of halogens is 1. The number of hydrogen-bond donors (Lipinski definition) is 0. The van der Waals surface area contributed by atoms with Gasteiger partial charge in [-0.2, -0.15) is 5.26 Å². The fourth-order valence-corrected chi connectivity index (χ4v) is 2.05. The Kier molecular flexibility index (Phi) is 3.50. The average molecular weight is 232 g/mol. The first-order valence-electron chi connectivity index (χ1n) is 5.61. The minimum absolute atomic E-state index is 0.202. The van der Waals surface area contributed by atoms with Gasteiger partial charge in [0.15, 0.2) is 0 Å². The third-order valence-corrected chi connectivity index (χ3v) is 2.90. The summed E-state index contributed by atoms with van der Waals surface area (Å²) in [6.07, 6.45) is 1.45. The molecule has 0 aromatic heterocycles. The first kappa shape index (κ1) is 11.7. The zero-order valence-electron chi connectivity index (χ0n) is 9.45. The summed E-state index contributed by atoms with van der Waals surface area (Å²) in [5, 5.41) is 8.76. The molecule has 1 aliphatic heterocycles. The second-order valence-corrected chi connectivity index (χ2v) is 4.27. The van der Waals surface area contributed by atoms with E-state index in [9.17, 15) is 9.18 Å². The largest absolute Gasteiger partial charge is 0.298 e. The van der Waals surface area contributed by atoms with Crippen LogP contribution in [0.5, 0.6) is 0 Å². The predicted octanol–water partition coefficient (Wildman–Crippen LogP) is 1.86. The van der Waals surface area contributed by atoms with E-state index < -0.39 is 0 Å². The van der Waals surface area contributed by atoms with Gasteiger partial charge in [-0.25, -0.2) is 4.39 Å². The summed E-state index contributed by atoms with van der Waals surface area (Å²) in [6, 6.07) is 6.30. The Morgan fingerprint density at radius 2 is 2.29 bits per heavy atom. The topological polar surface area (TPSA) is 44.1 Å². The number of hydrogen-bond acceptors (Lipinski definition) is 3. The van der Waals surface area contributed by atoms with E-state index in [4.69, 9.17) is 5.26 Å². The van der Waals surface area contributed by atoms with E-state index >= 15 is 0 Å². The Balaban J connectivity index is 2.12. The molecule has 0 bridgehead atoms. The van der Waals surface area contributed by atoms with Crippen molar-refractivity contribution >= 4 is 5.78 Å². The lowest BCUT2D eigenvalue weighted by atomic mass is 10.1. The van der Waals surface area contributed by atoms with Crippen molar-refractivity contribution in [3.63, 3.8) is 0 Å². The molecule has 1 aromatic carbocycles. The molecule has 0 spiro atoms. The third kappa shape index (κ3) is 2.89. The monoisotopic (exact) mass is 232 g/mol. The second-order valence-electron chi connectivity index (χ2n) is 4.27. The zero-order valence-corrected chi connectivity index (χ0v) is 9.45. The van der Waals surface area contributed by atoms with Crippen LogP contribution < -0.4 is 0 Å². The lowest BCUT2D eigenvalue weighted by molar-refractivity contribution is -0.122. The summed E-state index contributed by atoms with van der Waals surface area (Å²) in [7, 11) is 0. The molecule has 17 heavy (non-hydrogen) atoms. The molecule has 0 unspecified atom stereocenters. The maximum atomic E-state index is 13.5. The highest BCUT2D eigenvalue weighted by Gasteiger charge is 2.18. The molecule has 1 aliphatic rings. The van der Waals surface area contributed by atoms with Crippen LogP contribution in [0, 0.1) is 17.1 Å². The van der Waals surface area contributed by atoms with Crippen molar-refractivity contribution in [3.8, 4) is 6.07 Å². The average Bonchev–Trinajstić information content (AvgIpc) is 2.32. The van der Waals surface area contributed by atoms with Crippen molar-refractivity contribution in [2.45, 2.75) is 19.4 Å². The molecule has 1 saturated heterocycles. The number of likely N-dealkylation sites (tertiary alicyclic amines) is 1. The fourth-order valence-electron chi connectivity index (χ4n) is 2.05. The summed E-state index contributed by atoms with van der Waals surface area (Å²) >= 11 is 0. The fraction of sp³-hybridized carbons (Fsp3) is 0.385. The van der Waals surface area contributed by atoms with E-state index in [1.165, 1.54) is 12.1 Å². The number of nitriles is 1. The van der Waals surface area contributed by atoms with E-state index in [1.807, 2.05) is 11.0 Å². The number of Topliss-reactive ketones (excluding diaryl/α,β-unsaturated/α-hetero) is 1. The first-order valence-corrected chi connectivity index (χ1v) is 5.61. The lowest BCUT2D eigenvalue weighted by Crippen LogP contribution is -2.35. The normalized spacial score (nSPS) is 16.8. The van der Waals surface area contributed by atoms with Crippen LogP contribution >= 0.6 is 0 Å². The standard InChI is InChI=1S/C13H13FN2O/c14-13-4-3-10(7-15)6-11(13)8-16-5-1-2-12(17)9-16/h3-4,6H,1-2,5,8-9H2. The Morgan fingerprint density at radius 1 is 1.47 bits per heavy atom. The minimum atomic E-state index is -0.318. The maximum absolute atomic E-state index is 13.5. The van der Waals surface area contributed by atoms with Gasteiger partial charge in [0.2, 0.25) is 0 Å². The van der Waals surface area contributed by atoms with Crippen molar-refractivity contribution in [1.29, 1.82) is 5.26 Å². The van der Waals surface area contributed by atoms with Gasteiger partial charge in [0.1, 0.15) is 11.6 Å². The summed E-state index contributed by atoms with van der Waals surface area (Å²) in [6.45, 7) is 1.59. The molecule has 4 heteroatoms. The van der Waals surface area contributed by atoms with E-state index in [-0.39, 0.29) is 11.6 Å². The molecular weight excluding hydrogens is 219 g/mol. The second kappa shape index (κ2) is 5.07. The van der Waals surface area contributed by atoms with E-state index in [2.05, 4.69) is 0 Å². The summed E-state index contributed by atoms with van der Waals surface area (Å²) < 4.78 is 13.5. The Hall–Kier alpha value is -1.73. The van der Waals surface area contributed by atoms with Gasteiger partial charge in [-0.15, -0.1) is 0 Å². The van der Waals surface area contributed by atoms with Crippen LogP contribution in [0.4, 0.5) is 4.39 Å². The van der Waals surface area contributed by atoms with E-state index in [0.717, 1.165) is 13.0 Å². The molecule has 0 aliphatic carbocycles. The molecule has 0 atom stereocenters. The molecule has 2 rings (SSSR count). The van der Waals surface area contributed by atoms with E-state index in [0.29, 0.717) is 30.6 Å². The van der Waals surface area contributed by atoms with Crippen molar-refractivity contribution in [2.75, 3.05) is 13.1 Å². The summed E-state index contributed by atoms with van der Waals surface area (Å²) in [5.74, 6) is -0.116. The number of benzene rings is 1. The Labute approximate surface area is 99.5 Å². The molecule has 0 amide bonds. The van der Waals surface area contributed by atoms with Crippen LogP contribution in [-0.2, 0) is 11.3 Å². The van der Waals surface area contributed by atoms with Gasteiger partial charge in [-0.1, -0.05) is 0 Å². The van der Waals surface area contributed by atoms with Gasteiger partial charge in [0.05, 0.1) is 18.2 Å². The molecular formula is C13H13FN2O. The van der Waals surface area contributed by atoms with Gasteiger partial charge in [-0.05, 0) is 31.2 Å². The number of nitrogens with zero attached hydrogens (tertiary/aromatic N) is 2. The van der Waals surface area contributed by atoms with E-state index in [1.54, 1.807) is 6.07 Å². The molecule has 3 nitrogen and oxygen atoms in total. The predicted molar refractivity (Wildman–Crippen MR) is 60.6 cm³/mol. The van der Waals surface area contributed by atoms with Crippen molar-refractivity contribution in [2.24, 2.45) is 0 Å². The smallest absolute Gasteiger partial charge is 0.146 e. The van der Waals surface area contributed by atoms with Crippen LogP contribution in [0.15, 0.2) is 18.2 Å². The van der Waals surface area contributed by atoms with Gasteiger partial charge >= 0.3 is 0 Å². The molecule has 0 N–H and O–H groups in total. The van der Waals surface area contributed by atoms with Crippen LogP contribution in [0.2, 0.25) is 0 Å². The molecule has 88 valence electrons. The number of ketones is 1. The molecule has 1 fully saturated rings. The van der Waals surface area contributed by atoms with Gasteiger partial charge < -0.3 is 0 Å². The number of piperidine rings is 1. The third-order valence-electron chi connectivity index (χ3n) is 2.90. The van der Waals surface area contributed by atoms with Crippen LogP contribution in [0.25, 0.3) is 0 Å². The highest BCUT2D eigenvalue weighted by Crippen LogP contribution is 2.15. The molecule has 0 saturated carbocycles. The zero-order chi connectivity index (χ0) is 12.3. The number of rotatable bonds is 2. The number of carbonyl (C=O) groups is 1. The van der Waals surface area contributed by atoms with Crippen LogP contribution in [-0.4, -0.2) is 23.8 Å². The maximum Gasteiger partial charge on any atom is 0.146 e. The SMILES string of the molecule is N#Cc1ccc(F)c(CN2CCCC(=O)C2)c1. The quantitative estimate of drug-likeness (QED) is 0.781. The Bertz CT molecular complexity index is 479. The van der Waals surface area contributed by atoms with Crippen molar-refractivity contribution in [3.05, 3.63) is 35.1 Å². The van der Waals surface area contributed by atoms with Gasteiger partial charge in [0, 0.05) is 18.5 Å². The number of carbonyl (C=O) groups excluding carboxylic acids is 1. The molecule has 1 heterocycles. The first-order chi connectivity index (χ1) is 8.19. The van der Waals surface area contributed by atoms with Crippen molar-refractivity contribution < 1.29 is 9.18 Å². The van der Waals surface area contributed by atoms with Gasteiger partial charge in [0.25, 0.3) is 0 Å². The molecule has 0 radical (unpaired) electrons. The van der Waals surface area contributed by atoms with Crippen LogP contribution in [0.3, 0.4) is 0 Å². The summed E-state index contributed by atoms with van der Waals surface area (Å²) in [4.78, 5) is 13.2. The highest BCUT2D eigenvalue weighted by molar-refractivity contribution is 5.81. The summed E-state index contributed by atoms with van der Waals surface area (Å²) in [5.41, 5.74) is 0.934. The lowest BCUT2D eigenvalue weighted by Gasteiger charge is -2.25. The highest BCUT2D eigenvalue weighted by atomic mass is 19.1. The Morgan fingerprint density at radius 3 is 3.00 bits per heavy atom. The van der Waals surface area contributed by atoms with Gasteiger partial charge in [-0.3, -0.25) is 9.69 Å². The van der Waals surface area contributed by atoms with Crippen LogP contribution in [0.1, 0.15) is 24.0 Å². The van der Waals surface area contributed by atoms with Crippen molar-refractivity contribution in [1.82, 2.24) is 4.90 Å².